The summed E-state index contributed by atoms with van der Waals surface area (Å²) >= 11 is 0. The Morgan fingerprint density at radius 1 is 2.14 bits per heavy atom. The number of aliphatic hydroxyl groups excluding tert-OH is 1. The van der Waals surface area contributed by atoms with E-state index in [0.29, 0.717) is 0 Å². The Hall–Kier alpha value is -0.570. The third-order valence-corrected chi connectivity index (χ3v) is 0.332. The summed E-state index contributed by atoms with van der Waals surface area (Å²) in [5.41, 5.74) is 0. The molecule has 0 heterocycles. The fourth-order valence-electron chi connectivity index (χ4n) is 0.179. The number of carboxylic acid groups (broad SMARTS) is 1. The van der Waals surface area contributed by atoms with Gasteiger partial charge in [0.2, 0.25) is 0 Å². The molecule has 0 unspecified atom stereocenters. The van der Waals surface area contributed by atoms with E-state index in [1.54, 1.807) is 0 Å². The number of carboxylic acids is 1. The smallest absolute Gasteiger partial charge is 0.305 e. The van der Waals surface area contributed by atoms with Crippen LogP contribution in [0.15, 0.2) is 0 Å². The quantitative estimate of drug-likeness (QED) is 0.514. The molecule has 42 valence electrons. The Kier molecular flexibility index (Phi) is 1.26. The average Bonchev–Trinajstić information content (AvgIpc) is 1.65. The zero-order valence-electron chi connectivity index (χ0n) is 5.88. The first kappa shape index (κ1) is 3.43. The molecule has 0 radical (unpaired) electrons. The van der Waals surface area contributed by atoms with E-state index >= 15 is 0 Å². The highest BCUT2D eigenvalue weighted by Gasteiger charge is 2.00. The Balaban J connectivity index is 4.19. The molecule has 0 aliphatic rings. The van der Waals surface area contributed by atoms with E-state index in [9.17, 15) is 4.79 Å². The van der Waals surface area contributed by atoms with Crippen LogP contribution in [0.4, 0.5) is 0 Å². The van der Waals surface area contributed by atoms with Crippen molar-refractivity contribution in [1.29, 1.82) is 0 Å². The van der Waals surface area contributed by atoms with Gasteiger partial charge in [0.25, 0.3) is 0 Å². The molecule has 0 fully saturated rings. The summed E-state index contributed by atoms with van der Waals surface area (Å²) in [6, 6.07) is 0. The summed E-state index contributed by atoms with van der Waals surface area (Å²) in [7, 11) is 0. The molecule has 0 saturated heterocycles. The van der Waals surface area contributed by atoms with Crippen LogP contribution in [0.1, 0.15) is 16.0 Å². The van der Waals surface area contributed by atoms with Crippen LogP contribution in [0, 0.1) is 0 Å². The summed E-state index contributed by atoms with van der Waals surface area (Å²) in [6.07, 6.45) is -4.00. The molecule has 0 rings (SSSR count). The summed E-state index contributed by atoms with van der Waals surface area (Å²) in [4.78, 5) is 9.93. The van der Waals surface area contributed by atoms with Crippen LogP contribution in [0.25, 0.3) is 0 Å². The van der Waals surface area contributed by atoms with E-state index in [0.717, 1.165) is 6.92 Å². The van der Waals surface area contributed by atoms with Gasteiger partial charge in [-0.2, -0.15) is 0 Å². The van der Waals surface area contributed by atoms with Crippen molar-refractivity contribution in [2.24, 2.45) is 0 Å². The molecule has 7 heavy (non-hydrogen) atoms. The lowest BCUT2D eigenvalue weighted by molar-refractivity contribution is -0.138. The Morgan fingerprint density at radius 2 is 2.57 bits per heavy atom. The predicted molar refractivity (Wildman–Crippen MR) is 23.9 cm³/mol. The fraction of sp³-hybridized carbons (Fsp3) is 0.750. The molecular weight excluding hydrogens is 96.0 g/mol. The molecule has 3 heteroatoms. The van der Waals surface area contributed by atoms with Gasteiger partial charge in [0.15, 0.2) is 0 Å². The van der Waals surface area contributed by atoms with Gasteiger partial charge < -0.3 is 10.2 Å². The third-order valence-electron chi connectivity index (χ3n) is 0.332. The van der Waals surface area contributed by atoms with Crippen molar-refractivity contribution < 1.29 is 17.7 Å². The lowest BCUT2D eigenvalue weighted by Crippen LogP contribution is -2.07. The van der Waals surface area contributed by atoms with E-state index in [1.165, 1.54) is 0 Å². The summed E-state index contributed by atoms with van der Waals surface area (Å²) in [5.74, 6) is -1.64. The normalized spacial score (nSPS) is 19.7. The van der Waals surface area contributed by atoms with Crippen molar-refractivity contribution in [3.05, 3.63) is 0 Å². The summed E-state index contributed by atoms with van der Waals surface area (Å²) in [5, 5.41) is 16.6. The van der Waals surface area contributed by atoms with Gasteiger partial charge in [0.05, 0.1) is 12.5 Å². The van der Waals surface area contributed by atoms with Gasteiger partial charge in [-0.25, -0.2) is 0 Å². The van der Waals surface area contributed by atoms with E-state index in [2.05, 4.69) is 0 Å². The molecule has 3 nitrogen and oxygen atoms in total. The van der Waals surface area contributed by atoms with Crippen LogP contribution in [0.2, 0.25) is 0 Å². The predicted octanol–water partition coefficient (Wildman–Crippen LogP) is -0.158. The second kappa shape index (κ2) is 2.58. The molecule has 0 bridgehead atoms. The third kappa shape index (κ3) is 5.43. The van der Waals surface area contributed by atoms with Gasteiger partial charge in [0, 0.05) is 2.74 Å². The SMILES string of the molecule is [2H]C([2H])(C(=O)O)[C@@H](C)O. The molecule has 0 spiro atoms. The second-order valence-electron chi connectivity index (χ2n) is 1.13. The van der Waals surface area contributed by atoms with E-state index in [4.69, 9.17) is 13.0 Å². The van der Waals surface area contributed by atoms with Crippen LogP contribution in [-0.2, 0) is 4.79 Å². The highest BCUT2D eigenvalue weighted by atomic mass is 16.4. The van der Waals surface area contributed by atoms with E-state index in [-0.39, 0.29) is 0 Å². The van der Waals surface area contributed by atoms with Crippen molar-refractivity contribution in [2.45, 2.75) is 19.4 Å². The monoisotopic (exact) mass is 106 g/mol. The standard InChI is InChI=1S/C4H8O3/c1-3(5)2-4(6)7/h3,5H,2H2,1H3,(H,6,7)/t3-/m1/s1/i2D2. The van der Waals surface area contributed by atoms with Gasteiger partial charge in [-0.05, 0) is 6.92 Å². The molecule has 0 saturated carbocycles. The Labute approximate surface area is 44.4 Å². The van der Waals surface area contributed by atoms with Gasteiger partial charge in [-0.1, -0.05) is 0 Å². The second-order valence-corrected chi connectivity index (χ2v) is 1.13. The maximum atomic E-state index is 9.93. The Morgan fingerprint density at radius 3 is 2.57 bits per heavy atom. The van der Waals surface area contributed by atoms with Crippen molar-refractivity contribution in [3.8, 4) is 0 Å². The minimum absolute atomic E-state index is 1.09. The molecule has 0 aromatic carbocycles. The fourth-order valence-corrected chi connectivity index (χ4v) is 0.179. The van der Waals surface area contributed by atoms with E-state index in [1.807, 2.05) is 0 Å². The summed E-state index contributed by atoms with van der Waals surface area (Å²) < 4.78 is 13.3. The number of aliphatic hydroxyl groups is 1. The zero-order chi connectivity index (χ0) is 7.65. The molecule has 2 N–H and O–H groups in total. The Bertz CT molecular complexity index is 121. The summed E-state index contributed by atoms with van der Waals surface area (Å²) in [6.45, 7) is 1.09. The molecule has 0 aromatic heterocycles. The molecule has 0 aliphatic heterocycles. The number of aliphatic carboxylic acids is 1. The first-order chi connectivity index (χ1) is 3.89. The maximum absolute atomic E-state index is 9.93. The van der Waals surface area contributed by atoms with Crippen LogP contribution < -0.4 is 0 Å². The first-order valence-corrected chi connectivity index (χ1v) is 1.80. The minimum Gasteiger partial charge on any atom is -0.481 e. The van der Waals surface area contributed by atoms with Gasteiger partial charge in [-0.15, -0.1) is 0 Å². The highest BCUT2D eigenvalue weighted by Crippen LogP contribution is 1.85. The molecule has 0 amide bonds. The average molecular weight is 106 g/mol. The van der Waals surface area contributed by atoms with Crippen LogP contribution in [0.3, 0.4) is 0 Å². The van der Waals surface area contributed by atoms with Crippen LogP contribution in [0.5, 0.6) is 0 Å². The van der Waals surface area contributed by atoms with Crippen molar-refractivity contribution >= 4 is 5.97 Å². The van der Waals surface area contributed by atoms with Crippen LogP contribution >= 0.6 is 0 Å². The van der Waals surface area contributed by atoms with Gasteiger partial charge in [-0.3, -0.25) is 4.79 Å². The maximum Gasteiger partial charge on any atom is 0.305 e. The number of hydrogen-bond acceptors (Lipinski definition) is 2. The van der Waals surface area contributed by atoms with Crippen molar-refractivity contribution in [1.82, 2.24) is 0 Å². The zero-order valence-corrected chi connectivity index (χ0v) is 3.88. The number of carbonyl (C=O) groups is 1. The van der Waals surface area contributed by atoms with Crippen LogP contribution in [-0.4, -0.2) is 22.3 Å². The van der Waals surface area contributed by atoms with Gasteiger partial charge >= 0.3 is 5.97 Å². The highest BCUT2D eigenvalue weighted by molar-refractivity contribution is 5.67. The number of rotatable bonds is 2. The molecule has 1 atom stereocenters. The first-order valence-electron chi connectivity index (χ1n) is 2.80. The van der Waals surface area contributed by atoms with Gasteiger partial charge in [0.1, 0.15) is 0 Å². The lowest BCUT2D eigenvalue weighted by atomic mass is 10.3. The van der Waals surface area contributed by atoms with Crippen molar-refractivity contribution in [3.63, 3.8) is 0 Å². The van der Waals surface area contributed by atoms with E-state index < -0.39 is 18.4 Å². The molecular formula is C4H8O3. The van der Waals surface area contributed by atoms with Crippen molar-refractivity contribution in [2.75, 3.05) is 0 Å². The molecule has 0 aliphatic carbocycles. The largest absolute Gasteiger partial charge is 0.481 e. The lowest BCUT2D eigenvalue weighted by Gasteiger charge is -1.94. The number of hydrogen-bond donors (Lipinski definition) is 2. The molecule has 0 aromatic rings. The minimum atomic E-state index is -2.53. The topological polar surface area (TPSA) is 57.5 Å².